The highest BCUT2D eigenvalue weighted by Crippen LogP contribution is 2.20. The second-order valence-electron chi connectivity index (χ2n) is 4.86. The maximum atomic E-state index is 4.69. The van der Waals surface area contributed by atoms with Gasteiger partial charge in [-0.05, 0) is 6.92 Å². The van der Waals surface area contributed by atoms with Gasteiger partial charge >= 0.3 is 0 Å². The second kappa shape index (κ2) is 8.33. The molecule has 0 aromatic carbocycles. The van der Waals surface area contributed by atoms with Crippen LogP contribution >= 0.6 is 36.2 Å². The molecule has 1 unspecified atom stereocenters. The molecule has 18 heavy (non-hydrogen) atoms. The van der Waals surface area contributed by atoms with Crippen molar-refractivity contribution in [3.8, 4) is 0 Å². The number of halogens is 2. The van der Waals surface area contributed by atoms with Crippen molar-refractivity contribution in [3.05, 3.63) is 16.1 Å². The minimum absolute atomic E-state index is 0. The fraction of sp³-hybridized carbons (Fsp3) is 0.750. The lowest BCUT2D eigenvalue weighted by Gasteiger charge is -2.33. The molecule has 3 nitrogen and oxygen atoms in total. The molecule has 1 aromatic rings. The zero-order valence-electron chi connectivity index (χ0n) is 11.2. The number of thiazole rings is 1. The van der Waals surface area contributed by atoms with Crippen molar-refractivity contribution >= 4 is 36.2 Å². The van der Waals surface area contributed by atoms with Crippen LogP contribution in [0, 0.1) is 0 Å². The van der Waals surface area contributed by atoms with Crippen LogP contribution in [-0.4, -0.2) is 35.6 Å². The van der Waals surface area contributed by atoms with Gasteiger partial charge in [0.15, 0.2) is 0 Å². The van der Waals surface area contributed by atoms with E-state index in [4.69, 9.17) is 4.98 Å². The molecule has 1 aliphatic rings. The molecule has 0 bridgehead atoms. The largest absolute Gasteiger partial charge is 0.314 e. The molecule has 0 saturated carbocycles. The standard InChI is InChI=1S/C12H21N3S.2ClH/c1-9(2)12-14-11(8-16-12)7-15-5-4-13-6-10(15)3;;/h8-10,13H,4-7H2,1-3H3;2*1H. The average molecular weight is 312 g/mol. The Morgan fingerprint density at radius 1 is 1.50 bits per heavy atom. The molecule has 0 amide bonds. The fourth-order valence-electron chi connectivity index (χ4n) is 1.99. The van der Waals surface area contributed by atoms with Crippen molar-refractivity contribution in [2.45, 2.75) is 39.3 Å². The molecule has 2 heterocycles. The number of hydrogen-bond acceptors (Lipinski definition) is 4. The van der Waals surface area contributed by atoms with Gasteiger partial charge in [-0.2, -0.15) is 0 Å². The zero-order valence-corrected chi connectivity index (χ0v) is 13.6. The molecule has 106 valence electrons. The van der Waals surface area contributed by atoms with Crippen molar-refractivity contribution in [3.63, 3.8) is 0 Å². The first-order valence-corrected chi connectivity index (χ1v) is 6.94. The molecular weight excluding hydrogens is 289 g/mol. The first-order valence-electron chi connectivity index (χ1n) is 6.06. The summed E-state index contributed by atoms with van der Waals surface area (Å²) in [4.78, 5) is 7.20. The topological polar surface area (TPSA) is 28.2 Å². The van der Waals surface area contributed by atoms with Gasteiger partial charge in [0, 0.05) is 43.5 Å². The summed E-state index contributed by atoms with van der Waals surface area (Å²) >= 11 is 1.79. The predicted octanol–water partition coefficient (Wildman–Crippen LogP) is 2.90. The van der Waals surface area contributed by atoms with Gasteiger partial charge in [0.25, 0.3) is 0 Å². The molecule has 2 rings (SSSR count). The minimum Gasteiger partial charge on any atom is -0.314 e. The van der Waals surface area contributed by atoms with Gasteiger partial charge in [-0.25, -0.2) is 4.98 Å². The van der Waals surface area contributed by atoms with E-state index in [1.54, 1.807) is 11.3 Å². The summed E-state index contributed by atoms with van der Waals surface area (Å²) in [6.45, 7) is 11.0. The molecule has 1 N–H and O–H groups in total. The minimum atomic E-state index is 0. The number of hydrogen-bond donors (Lipinski definition) is 1. The Labute approximate surface area is 126 Å². The third kappa shape index (κ3) is 4.67. The Morgan fingerprint density at radius 2 is 2.22 bits per heavy atom. The van der Waals surface area contributed by atoms with Gasteiger partial charge in [0.05, 0.1) is 10.7 Å². The molecule has 1 aliphatic heterocycles. The fourth-order valence-corrected chi connectivity index (χ4v) is 2.81. The third-order valence-electron chi connectivity index (χ3n) is 3.07. The van der Waals surface area contributed by atoms with Crippen molar-refractivity contribution in [2.24, 2.45) is 0 Å². The van der Waals surface area contributed by atoms with E-state index >= 15 is 0 Å². The second-order valence-corrected chi connectivity index (χ2v) is 5.75. The van der Waals surface area contributed by atoms with E-state index in [0.717, 1.165) is 26.2 Å². The van der Waals surface area contributed by atoms with Gasteiger partial charge < -0.3 is 5.32 Å². The molecule has 1 fully saturated rings. The van der Waals surface area contributed by atoms with Crippen LogP contribution in [0.25, 0.3) is 0 Å². The predicted molar refractivity (Wildman–Crippen MR) is 83.4 cm³/mol. The lowest BCUT2D eigenvalue weighted by Crippen LogP contribution is -2.49. The summed E-state index contributed by atoms with van der Waals surface area (Å²) in [6.07, 6.45) is 0. The van der Waals surface area contributed by atoms with E-state index < -0.39 is 0 Å². The van der Waals surface area contributed by atoms with E-state index in [-0.39, 0.29) is 24.8 Å². The normalized spacial score (nSPS) is 20.3. The van der Waals surface area contributed by atoms with Crippen molar-refractivity contribution in [2.75, 3.05) is 19.6 Å². The quantitative estimate of drug-likeness (QED) is 0.930. The molecule has 0 aliphatic carbocycles. The van der Waals surface area contributed by atoms with Crippen LogP contribution in [0.5, 0.6) is 0 Å². The molecular formula is C12H23Cl2N3S. The van der Waals surface area contributed by atoms with Gasteiger partial charge in [-0.3, -0.25) is 4.90 Å². The molecule has 1 saturated heterocycles. The zero-order chi connectivity index (χ0) is 11.5. The first kappa shape index (κ1) is 18.1. The van der Waals surface area contributed by atoms with Gasteiger partial charge in [-0.15, -0.1) is 36.2 Å². The number of aromatic nitrogens is 1. The van der Waals surface area contributed by atoms with Crippen LogP contribution in [0.1, 0.15) is 37.4 Å². The van der Waals surface area contributed by atoms with Crippen molar-refractivity contribution in [1.29, 1.82) is 0 Å². The highest BCUT2D eigenvalue weighted by molar-refractivity contribution is 7.09. The molecule has 1 atom stereocenters. The lowest BCUT2D eigenvalue weighted by atomic mass is 10.2. The first-order chi connectivity index (χ1) is 7.66. The highest BCUT2D eigenvalue weighted by Gasteiger charge is 2.18. The number of nitrogens with zero attached hydrogens (tertiary/aromatic N) is 2. The summed E-state index contributed by atoms with van der Waals surface area (Å²) in [6, 6.07) is 0.623. The maximum Gasteiger partial charge on any atom is 0.0954 e. The summed E-state index contributed by atoms with van der Waals surface area (Å²) in [5, 5.41) is 6.89. The Balaban J connectivity index is 0.00000144. The third-order valence-corrected chi connectivity index (χ3v) is 4.26. The number of rotatable bonds is 3. The van der Waals surface area contributed by atoms with Crippen LogP contribution < -0.4 is 5.32 Å². The smallest absolute Gasteiger partial charge is 0.0954 e. The van der Waals surface area contributed by atoms with Gasteiger partial charge in [0.2, 0.25) is 0 Å². The van der Waals surface area contributed by atoms with E-state index in [9.17, 15) is 0 Å². The summed E-state index contributed by atoms with van der Waals surface area (Å²) in [7, 11) is 0. The lowest BCUT2D eigenvalue weighted by molar-refractivity contribution is 0.164. The molecule has 0 radical (unpaired) electrons. The highest BCUT2D eigenvalue weighted by atomic mass is 35.5. The molecule has 0 spiro atoms. The number of nitrogens with one attached hydrogen (secondary N) is 1. The van der Waals surface area contributed by atoms with Gasteiger partial charge in [0.1, 0.15) is 0 Å². The maximum absolute atomic E-state index is 4.69. The van der Waals surface area contributed by atoms with Crippen molar-refractivity contribution in [1.82, 2.24) is 15.2 Å². The Hall–Kier alpha value is 0.130. The molecule has 1 aromatic heterocycles. The average Bonchev–Trinajstić information content (AvgIpc) is 2.70. The van der Waals surface area contributed by atoms with Crippen LogP contribution in [0.2, 0.25) is 0 Å². The summed E-state index contributed by atoms with van der Waals surface area (Å²) in [5.41, 5.74) is 1.24. The monoisotopic (exact) mass is 311 g/mol. The van der Waals surface area contributed by atoms with E-state index in [1.165, 1.54) is 10.7 Å². The molecule has 6 heteroatoms. The van der Waals surface area contributed by atoms with Crippen LogP contribution in [0.15, 0.2) is 5.38 Å². The Kier molecular flexibility index (Phi) is 8.39. The van der Waals surface area contributed by atoms with Crippen LogP contribution in [0.3, 0.4) is 0 Å². The van der Waals surface area contributed by atoms with E-state index in [1.807, 2.05) is 0 Å². The Morgan fingerprint density at radius 3 is 2.78 bits per heavy atom. The van der Waals surface area contributed by atoms with Crippen molar-refractivity contribution < 1.29 is 0 Å². The SMILES string of the molecule is CC(C)c1nc(CN2CCNCC2C)cs1.Cl.Cl. The summed E-state index contributed by atoms with van der Waals surface area (Å²) in [5.74, 6) is 0.555. The van der Waals surface area contributed by atoms with E-state index in [0.29, 0.717) is 12.0 Å². The Bertz CT molecular complexity index is 344. The van der Waals surface area contributed by atoms with Crippen LogP contribution in [0.4, 0.5) is 0 Å². The summed E-state index contributed by atoms with van der Waals surface area (Å²) < 4.78 is 0. The number of piperazine rings is 1. The van der Waals surface area contributed by atoms with Gasteiger partial charge in [-0.1, -0.05) is 13.8 Å². The van der Waals surface area contributed by atoms with E-state index in [2.05, 4.69) is 36.4 Å². The van der Waals surface area contributed by atoms with Crippen LogP contribution in [-0.2, 0) is 6.54 Å².